The van der Waals surface area contributed by atoms with Crippen molar-refractivity contribution in [3.63, 3.8) is 0 Å². The maximum atomic E-state index is 12.0. The summed E-state index contributed by atoms with van der Waals surface area (Å²) < 4.78 is 10.4. The first-order valence-electron chi connectivity index (χ1n) is 8.65. The largest absolute Gasteiger partial charge is 0.445 e. The summed E-state index contributed by atoms with van der Waals surface area (Å²) in [6.07, 6.45) is -1.76. The molecule has 7 heteroatoms. The molecule has 0 radical (unpaired) electrons. The van der Waals surface area contributed by atoms with Gasteiger partial charge < -0.3 is 24.8 Å². The number of ether oxygens (including phenoxy) is 2. The first-order chi connectivity index (χ1) is 12.1. The molecule has 0 saturated carbocycles. The number of aliphatic hydroxyl groups is 1. The molecule has 1 aromatic rings. The van der Waals surface area contributed by atoms with Crippen LogP contribution >= 0.6 is 0 Å². The highest BCUT2D eigenvalue weighted by Gasteiger charge is 2.24. The van der Waals surface area contributed by atoms with Crippen LogP contribution in [0.1, 0.15) is 33.3 Å². The lowest BCUT2D eigenvalue weighted by atomic mass is 10.0. The van der Waals surface area contributed by atoms with Gasteiger partial charge in [-0.3, -0.25) is 0 Å². The van der Waals surface area contributed by atoms with E-state index in [9.17, 15) is 14.7 Å². The maximum absolute atomic E-state index is 12.0. The Morgan fingerprint density at radius 3 is 2.38 bits per heavy atom. The van der Waals surface area contributed by atoms with E-state index in [0.717, 1.165) is 5.56 Å². The molecule has 26 heavy (non-hydrogen) atoms. The fourth-order valence-corrected chi connectivity index (χ4v) is 2.14. The van der Waals surface area contributed by atoms with E-state index in [-0.39, 0.29) is 25.6 Å². The van der Waals surface area contributed by atoms with Gasteiger partial charge in [0.2, 0.25) is 0 Å². The molecule has 146 valence electrons. The van der Waals surface area contributed by atoms with E-state index in [1.807, 2.05) is 30.3 Å². The first-order valence-corrected chi connectivity index (χ1v) is 8.65. The summed E-state index contributed by atoms with van der Waals surface area (Å²) in [7, 11) is 1.59. The highest BCUT2D eigenvalue weighted by atomic mass is 16.6. The third-order valence-corrected chi connectivity index (χ3v) is 3.62. The Labute approximate surface area is 155 Å². The van der Waals surface area contributed by atoms with Gasteiger partial charge in [0.25, 0.3) is 0 Å². The maximum Gasteiger partial charge on any atom is 0.410 e. The van der Waals surface area contributed by atoms with Crippen molar-refractivity contribution in [1.29, 1.82) is 0 Å². The summed E-state index contributed by atoms with van der Waals surface area (Å²) >= 11 is 0. The molecule has 2 amide bonds. The average Bonchev–Trinajstić information content (AvgIpc) is 2.55. The molecule has 2 atom stereocenters. The number of hydrogen-bond acceptors (Lipinski definition) is 5. The minimum Gasteiger partial charge on any atom is -0.445 e. The van der Waals surface area contributed by atoms with Crippen LogP contribution in [0.25, 0.3) is 0 Å². The topological polar surface area (TPSA) is 88.1 Å². The number of hydrogen-bond donors (Lipinski definition) is 2. The molecular weight excluding hydrogens is 336 g/mol. The Hall–Kier alpha value is -2.28. The number of rotatable bonds is 7. The van der Waals surface area contributed by atoms with Gasteiger partial charge in [-0.05, 0) is 33.3 Å². The van der Waals surface area contributed by atoms with E-state index in [1.165, 1.54) is 4.90 Å². The van der Waals surface area contributed by atoms with Crippen molar-refractivity contribution in [2.45, 2.75) is 46.0 Å². The van der Waals surface area contributed by atoms with E-state index < -0.39 is 23.9 Å². The molecule has 0 aliphatic rings. The fourth-order valence-electron chi connectivity index (χ4n) is 2.14. The van der Waals surface area contributed by atoms with Crippen LogP contribution in [0.3, 0.4) is 0 Å². The molecular formula is C19H30N2O5. The second kappa shape index (κ2) is 10.0. The minimum absolute atomic E-state index is 0.170. The summed E-state index contributed by atoms with van der Waals surface area (Å²) in [4.78, 5) is 25.2. The molecule has 0 spiro atoms. The van der Waals surface area contributed by atoms with E-state index in [1.54, 1.807) is 34.7 Å². The minimum atomic E-state index is -0.714. The zero-order valence-corrected chi connectivity index (χ0v) is 16.2. The second-order valence-corrected chi connectivity index (χ2v) is 7.30. The van der Waals surface area contributed by atoms with Gasteiger partial charge in [-0.1, -0.05) is 30.3 Å². The number of carbonyl (C=O) groups is 2. The fraction of sp³-hybridized carbons (Fsp3) is 0.579. The van der Waals surface area contributed by atoms with Crippen LogP contribution in [0.5, 0.6) is 0 Å². The SMILES string of the molecule is C[C@@H](O)[C@@H](CNC(=O)OCc1ccccc1)CN(C)C(=O)OC(C)(C)C. The number of aliphatic hydroxyl groups excluding tert-OH is 1. The van der Waals surface area contributed by atoms with Gasteiger partial charge >= 0.3 is 12.2 Å². The monoisotopic (exact) mass is 366 g/mol. The molecule has 0 heterocycles. The first kappa shape index (κ1) is 21.8. The lowest BCUT2D eigenvalue weighted by molar-refractivity contribution is 0.0214. The summed E-state index contributed by atoms with van der Waals surface area (Å²) in [6, 6.07) is 9.35. The van der Waals surface area contributed by atoms with Crippen molar-refractivity contribution in [2.75, 3.05) is 20.1 Å². The lowest BCUT2D eigenvalue weighted by Crippen LogP contribution is -2.43. The van der Waals surface area contributed by atoms with Crippen LogP contribution in [0, 0.1) is 5.92 Å². The van der Waals surface area contributed by atoms with Crippen molar-refractivity contribution < 1.29 is 24.2 Å². The second-order valence-electron chi connectivity index (χ2n) is 7.30. The van der Waals surface area contributed by atoms with Crippen LogP contribution in [0.4, 0.5) is 9.59 Å². The molecule has 7 nitrogen and oxygen atoms in total. The van der Waals surface area contributed by atoms with E-state index in [4.69, 9.17) is 9.47 Å². The third-order valence-electron chi connectivity index (χ3n) is 3.62. The summed E-state index contributed by atoms with van der Waals surface area (Å²) in [5.74, 6) is -0.350. The number of nitrogens with one attached hydrogen (secondary N) is 1. The lowest BCUT2D eigenvalue weighted by Gasteiger charge is -2.28. The molecule has 0 aromatic heterocycles. The van der Waals surface area contributed by atoms with Gasteiger partial charge in [-0.15, -0.1) is 0 Å². The molecule has 1 aromatic carbocycles. The van der Waals surface area contributed by atoms with Crippen molar-refractivity contribution >= 4 is 12.2 Å². The van der Waals surface area contributed by atoms with Crippen molar-refractivity contribution in [3.05, 3.63) is 35.9 Å². The van der Waals surface area contributed by atoms with Gasteiger partial charge in [0.1, 0.15) is 12.2 Å². The Bertz CT molecular complexity index is 569. The number of amides is 2. The molecule has 0 aliphatic heterocycles. The number of nitrogens with zero attached hydrogens (tertiary/aromatic N) is 1. The van der Waals surface area contributed by atoms with Crippen LogP contribution < -0.4 is 5.32 Å². The normalized spacial score (nSPS) is 13.5. The van der Waals surface area contributed by atoms with Crippen molar-refractivity contribution in [2.24, 2.45) is 5.92 Å². The van der Waals surface area contributed by atoms with Crippen molar-refractivity contribution in [3.8, 4) is 0 Å². The van der Waals surface area contributed by atoms with Gasteiger partial charge in [0.15, 0.2) is 0 Å². The van der Waals surface area contributed by atoms with Gasteiger partial charge in [-0.2, -0.15) is 0 Å². The Morgan fingerprint density at radius 1 is 1.23 bits per heavy atom. The van der Waals surface area contributed by atoms with Gasteiger partial charge in [0, 0.05) is 26.1 Å². The molecule has 0 unspecified atom stereocenters. The highest BCUT2D eigenvalue weighted by molar-refractivity contribution is 5.68. The molecule has 1 rings (SSSR count). The number of benzene rings is 1. The molecule has 0 saturated heterocycles. The zero-order chi connectivity index (χ0) is 19.7. The van der Waals surface area contributed by atoms with Crippen LogP contribution in [0.2, 0.25) is 0 Å². The summed E-state index contributed by atoms with van der Waals surface area (Å²) in [5.41, 5.74) is 0.296. The quantitative estimate of drug-likeness (QED) is 0.775. The Balaban J connectivity index is 2.44. The van der Waals surface area contributed by atoms with E-state index in [2.05, 4.69) is 5.32 Å². The molecule has 0 bridgehead atoms. The molecule has 0 aliphatic carbocycles. The van der Waals surface area contributed by atoms with E-state index in [0.29, 0.717) is 0 Å². The highest BCUT2D eigenvalue weighted by Crippen LogP contribution is 2.12. The van der Waals surface area contributed by atoms with Crippen LogP contribution in [0.15, 0.2) is 30.3 Å². The third kappa shape index (κ3) is 8.71. The van der Waals surface area contributed by atoms with Crippen molar-refractivity contribution in [1.82, 2.24) is 10.2 Å². The predicted octanol–water partition coefficient (Wildman–Crippen LogP) is 2.78. The zero-order valence-electron chi connectivity index (χ0n) is 16.2. The molecule has 0 fully saturated rings. The smallest absolute Gasteiger partial charge is 0.410 e. The van der Waals surface area contributed by atoms with Crippen LogP contribution in [-0.4, -0.2) is 54.0 Å². The molecule has 2 N–H and O–H groups in total. The van der Waals surface area contributed by atoms with Gasteiger partial charge in [0.05, 0.1) is 6.10 Å². The average molecular weight is 366 g/mol. The van der Waals surface area contributed by atoms with Crippen LogP contribution in [-0.2, 0) is 16.1 Å². The number of carbonyl (C=O) groups excluding carboxylic acids is 2. The predicted molar refractivity (Wildman–Crippen MR) is 98.7 cm³/mol. The Kier molecular flexibility index (Phi) is 8.38. The Morgan fingerprint density at radius 2 is 1.85 bits per heavy atom. The summed E-state index contributed by atoms with van der Waals surface area (Å²) in [5, 5.41) is 12.6. The number of alkyl carbamates (subject to hydrolysis) is 1. The summed E-state index contributed by atoms with van der Waals surface area (Å²) in [6.45, 7) is 7.57. The van der Waals surface area contributed by atoms with Gasteiger partial charge in [-0.25, -0.2) is 9.59 Å². The van der Waals surface area contributed by atoms with E-state index >= 15 is 0 Å². The standard InChI is InChI=1S/C19H30N2O5/c1-14(22)16(12-21(5)18(24)26-19(2,3)4)11-20-17(23)25-13-15-9-7-6-8-10-15/h6-10,14,16,22H,11-13H2,1-5H3,(H,20,23)/t14-,16+/m1/s1.